The number of amides is 1. The Kier molecular flexibility index (Phi) is 4.85. The maximum atomic E-state index is 12.9. The Morgan fingerprint density at radius 3 is 2.61 bits per heavy atom. The molecule has 0 radical (unpaired) electrons. The lowest BCUT2D eigenvalue weighted by molar-refractivity contribution is 0.0526. The van der Waals surface area contributed by atoms with Crippen molar-refractivity contribution in [3.63, 3.8) is 0 Å². The highest BCUT2D eigenvalue weighted by atomic mass is 16.5. The molecular weight excluding hydrogens is 356 g/mol. The molecule has 1 atom stereocenters. The van der Waals surface area contributed by atoms with Crippen molar-refractivity contribution in [2.24, 2.45) is 0 Å². The Balaban J connectivity index is 1.60. The monoisotopic (exact) mass is 376 g/mol. The Hall–Kier alpha value is -3.54. The van der Waals surface area contributed by atoms with E-state index >= 15 is 0 Å². The molecule has 6 heteroatoms. The van der Waals surface area contributed by atoms with E-state index in [2.05, 4.69) is 5.32 Å². The molecule has 1 amide bonds. The lowest BCUT2D eigenvalue weighted by atomic mass is 10.1. The fourth-order valence-electron chi connectivity index (χ4n) is 3.33. The van der Waals surface area contributed by atoms with Crippen molar-refractivity contribution >= 4 is 17.6 Å². The first-order chi connectivity index (χ1) is 13.7. The number of furan rings is 1. The lowest BCUT2D eigenvalue weighted by Gasteiger charge is -2.26. The number of hydrogen-bond acceptors (Lipinski definition) is 5. The maximum Gasteiger partial charge on any atom is 0.338 e. The van der Waals surface area contributed by atoms with E-state index in [0.29, 0.717) is 30.0 Å². The molecule has 3 aromatic rings. The van der Waals surface area contributed by atoms with E-state index in [9.17, 15) is 9.59 Å². The molecule has 1 aliphatic rings. The van der Waals surface area contributed by atoms with E-state index in [0.717, 1.165) is 11.3 Å². The predicted molar refractivity (Wildman–Crippen MR) is 104 cm³/mol. The highest BCUT2D eigenvalue weighted by Crippen LogP contribution is 2.35. The van der Waals surface area contributed by atoms with Gasteiger partial charge in [-0.05, 0) is 49.4 Å². The minimum absolute atomic E-state index is 0.0485. The molecule has 0 fully saturated rings. The molecule has 4 rings (SSSR count). The van der Waals surface area contributed by atoms with Crippen LogP contribution in [0.2, 0.25) is 0 Å². The summed E-state index contributed by atoms with van der Waals surface area (Å²) >= 11 is 0. The fraction of sp³-hybridized carbons (Fsp3) is 0.182. The van der Waals surface area contributed by atoms with Crippen molar-refractivity contribution in [2.75, 3.05) is 11.9 Å². The summed E-state index contributed by atoms with van der Waals surface area (Å²) in [6.07, 6.45) is 1.27. The Bertz CT molecular complexity index is 980. The zero-order chi connectivity index (χ0) is 19.5. The van der Waals surface area contributed by atoms with E-state index in [-0.39, 0.29) is 18.0 Å². The van der Waals surface area contributed by atoms with Gasteiger partial charge in [-0.2, -0.15) is 0 Å². The summed E-state index contributed by atoms with van der Waals surface area (Å²) in [7, 11) is 0. The third-order valence-electron chi connectivity index (χ3n) is 4.66. The molecule has 1 unspecified atom stereocenters. The molecule has 0 saturated carbocycles. The number of rotatable bonds is 6. The normalized spacial score (nSPS) is 15.4. The van der Waals surface area contributed by atoms with Crippen LogP contribution in [-0.2, 0) is 11.3 Å². The van der Waals surface area contributed by atoms with Crippen LogP contribution in [0.25, 0.3) is 0 Å². The predicted octanol–water partition coefficient (Wildman–Crippen LogP) is 4.22. The van der Waals surface area contributed by atoms with Gasteiger partial charge in [-0.25, -0.2) is 4.79 Å². The number of carbonyl (C=O) groups excluding carboxylic acids is 2. The second-order valence-electron chi connectivity index (χ2n) is 6.44. The Morgan fingerprint density at radius 2 is 1.89 bits per heavy atom. The summed E-state index contributed by atoms with van der Waals surface area (Å²) in [5.41, 5.74) is 2.87. The van der Waals surface area contributed by atoms with Crippen LogP contribution in [0.5, 0.6) is 0 Å². The number of benzene rings is 2. The zero-order valence-electron chi connectivity index (χ0n) is 15.4. The highest BCUT2D eigenvalue weighted by Gasteiger charge is 2.36. The van der Waals surface area contributed by atoms with Gasteiger partial charge in [0.25, 0.3) is 5.91 Å². The third-order valence-corrected chi connectivity index (χ3v) is 4.66. The minimum Gasteiger partial charge on any atom is -0.467 e. The summed E-state index contributed by atoms with van der Waals surface area (Å²) < 4.78 is 10.4. The van der Waals surface area contributed by atoms with Crippen LogP contribution in [0.15, 0.2) is 71.3 Å². The summed E-state index contributed by atoms with van der Waals surface area (Å²) in [4.78, 5) is 26.5. The van der Waals surface area contributed by atoms with Gasteiger partial charge in [0.05, 0.1) is 25.0 Å². The summed E-state index contributed by atoms with van der Waals surface area (Å²) in [5, 5.41) is 3.40. The smallest absolute Gasteiger partial charge is 0.338 e. The molecule has 0 aliphatic carbocycles. The molecule has 2 aromatic carbocycles. The summed E-state index contributed by atoms with van der Waals surface area (Å²) in [5.74, 6) is 0.313. The molecule has 142 valence electrons. The first-order valence-corrected chi connectivity index (χ1v) is 9.13. The van der Waals surface area contributed by atoms with Gasteiger partial charge in [-0.1, -0.05) is 18.2 Å². The lowest BCUT2D eigenvalue weighted by Crippen LogP contribution is -2.31. The van der Waals surface area contributed by atoms with Gasteiger partial charge in [-0.15, -0.1) is 0 Å². The van der Waals surface area contributed by atoms with Gasteiger partial charge in [0, 0.05) is 16.8 Å². The molecule has 28 heavy (non-hydrogen) atoms. The van der Waals surface area contributed by atoms with Crippen molar-refractivity contribution in [3.8, 4) is 0 Å². The van der Waals surface area contributed by atoms with Crippen molar-refractivity contribution in [2.45, 2.75) is 19.6 Å². The zero-order valence-corrected chi connectivity index (χ0v) is 15.4. The first-order valence-electron chi connectivity index (χ1n) is 9.13. The number of carbonyl (C=O) groups is 2. The van der Waals surface area contributed by atoms with Crippen molar-refractivity contribution in [1.29, 1.82) is 0 Å². The Labute approximate surface area is 162 Å². The van der Waals surface area contributed by atoms with E-state index < -0.39 is 0 Å². The standard InChI is InChI=1S/C22H20N2O4/c1-2-27-22(26)15-9-11-16(12-10-15)23-20-18-7-3-4-8-19(18)21(25)24(20)14-17-6-5-13-28-17/h3-13,20,23H,2,14H2,1H3. The number of anilines is 1. The SMILES string of the molecule is CCOC(=O)c1ccc(NC2c3ccccc3C(=O)N2Cc2ccco2)cc1. The molecule has 1 aromatic heterocycles. The first kappa shape index (κ1) is 17.9. The number of hydrogen-bond donors (Lipinski definition) is 1. The van der Waals surface area contributed by atoms with Crippen LogP contribution in [0.4, 0.5) is 5.69 Å². The topological polar surface area (TPSA) is 71.8 Å². The number of fused-ring (bicyclic) bond motifs is 1. The molecule has 2 heterocycles. The fourth-order valence-corrected chi connectivity index (χ4v) is 3.33. The molecule has 0 spiro atoms. The number of nitrogens with one attached hydrogen (secondary N) is 1. The van der Waals surface area contributed by atoms with E-state index in [1.165, 1.54) is 0 Å². The van der Waals surface area contributed by atoms with Crippen molar-refractivity contribution in [3.05, 3.63) is 89.4 Å². The molecule has 0 bridgehead atoms. The minimum atomic E-state index is -0.352. The average molecular weight is 376 g/mol. The third kappa shape index (κ3) is 3.36. The van der Waals surface area contributed by atoms with E-state index in [1.807, 2.05) is 42.5 Å². The summed E-state index contributed by atoms with van der Waals surface area (Å²) in [6, 6.07) is 18.2. The van der Waals surface area contributed by atoms with Gasteiger partial charge < -0.3 is 19.4 Å². The van der Waals surface area contributed by atoms with Crippen LogP contribution < -0.4 is 5.32 Å². The van der Waals surface area contributed by atoms with E-state index in [4.69, 9.17) is 9.15 Å². The number of esters is 1. The molecule has 1 N–H and O–H groups in total. The Morgan fingerprint density at radius 1 is 1.11 bits per heavy atom. The second kappa shape index (κ2) is 7.60. The largest absolute Gasteiger partial charge is 0.467 e. The van der Waals surface area contributed by atoms with Gasteiger partial charge in [0.1, 0.15) is 11.9 Å². The number of nitrogens with zero attached hydrogens (tertiary/aromatic N) is 1. The summed E-state index contributed by atoms with van der Waals surface area (Å²) in [6.45, 7) is 2.47. The average Bonchev–Trinajstić information content (AvgIpc) is 3.32. The van der Waals surface area contributed by atoms with Crippen LogP contribution in [0.3, 0.4) is 0 Å². The van der Waals surface area contributed by atoms with E-state index in [1.54, 1.807) is 36.3 Å². The van der Waals surface area contributed by atoms with Crippen LogP contribution in [-0.4, -0.2) is 23.4 Å². The maximum absolute atomic E-state index is 12.9. The van der Waals surface area contributed by atoms with Crippen LogP contribution in [0, 0.1) is 0 Å². The van der Waals surface area contributed by atoms with Crippen molar-refractivity contribution in [1.82, 2.24) is 4.90 Å². The highest BCUT2D eigenvalue weighted by molar-refractivity contribution is 5.99. The molecule has 1 aliphatic heterocycles. The quantitative estimate of drug-likeness (QED) is 0.652. The van der Waals surface area contributed by atoms with Crippen molar-refractivity contribution < 1.29 is 18.7 Å². The molecule has 6 nitrogen and oxygen atoms in total. The van der Waals surface area contributed by atoms with Gasteiger partial charge in [-0.3, -0.25) is 4.79 Å². The van der Waals surface area contributed by atoms with Gasteiger partial charge >= 0.3 is 5.97 Å². The second-order valence-corrected chi connectivity index (χ2v) is 6.44. The van der Waals surface area contributed by atoms with Crippen LogP contribution in [0.1, 0.15) is 45.1 Å². The van der Waals surface area contributed by atoms with Crippen LogP contribution >= 0.6 is 0 Å². The molecule has 0 saturated heterocycles. The molecular formula is C22H20N2O4. The van der Waals surface area contributed by atoms with Gasteiger partial charge in [0.2, 0.25) is 0 Å². The number of ether oxygens (including phenoxy) is 1. The van der Waals surface area contributed by atoms with Gasteiger partial charge in [0.15, 0.2) is 0 Å².